The lowest BCUT2D eigenvalue weighted by Gasteiger charge is -2.21. The highest BCUT2D eigenvalue weighted by molar-refractivity contribution is 5.98. The molecular formula is C18H30N4O. The van der Waals surface area contributed by atoms with Crippen LogP contribution in [0.5, 0.6) is 0 Å². The van der Waals surface area contributed by atoms with Crippen LogP contribution in [0.25, 0.3) is 0 Å². The Bertz CT molecular complexity index is 554. The number of anilines is 1. The standard InChI is InChI=1S/C18H30N4O/c1-12(2)11-22-8-6-14-10-15(18(23)19-5)17(20-13(3)4)21-16(14)7-9-22/h10,12-13H,6-9,11H2,1-5H3,(H,19,23)(H,20,21). The van der Waals surface area contributed by atoms with Gasteiger partial charge in [-0.3, -0.25) is 4.79 Å². The Labute approximate surface area is 139 Å². The summed E-state index contributed by atoms with van der Waals surface area (Å²) in [6, 6.07) is 2.28. The molecule has 0 fully saturated rings. The maximum Gasteiger partial charge on any atom is 0.254 e. The van der Waals surface area contributed by atoms with E-state index in [9.17, 15) is 4.79 Å². The van der Waals surface area contributed by atoms with E-state index in [1.165, 1.54) is 5.56 Å². The van der Waals surface area contributed by atoms with Gasteiger partial charge in [0.15, 0.2) is 0 Å². The highest BCUT2D eigenvalue weighted by Gasteiger charge is 2.21. The monoisotopic (exact) mass is 318 g/mol. The normalized spacial score (nSPS) is 15.4. The number of amides is 1. The van der Waals surface area contributed by atoms with Crippen molar-refractivity contribution in [3.8, 4) is 0 Å². The zero-order valence-electron chi connectivity index (χ0n) is 15.1. The average molecular weight is 318 g/mol. The molecule has 23 heavy (non-hydrogen) atoms. The van der Waals surface area contributed by atoms with Crippen LogP contribution in [0.15, 0.2) is 6.07 Å². The Morgan fingerprint density at radius 1 is 1.26 bits per heavy atom. The summed E-state index contributed by atoms with van der Waals surface area (Å²) in [5.74, 6) is 1.30. The molecule has 0 aliphatic carbocycles. The molecule has 1 aromatic rings. The molecule has 0 spiro atoms. The molecule has 1 amide bonds. The Hall–Kier alpha value is -1.62. The van der Waals surface area contributed by atoms with Gasteiger partial charge in [-0.1, -0.05) is 13.8 Å². The fraction of sp³-hybridized carbons (Fsp3) is 0.667. The number of hydrogen-bond donors (Lipinski definition) is 2. The molecule has 2 heterocycles. The van der Waals surface area contributed by atoms with Crippen molar-refractivity contribution >= 4 is 11.7 Å². The second kappa shape index (κ2) is 7.77. The minimum absolute atomic E-state index is 0.0771. The molecule has 2 N–H and O–H groups in total. The lowest BCUT2D eigenvalue weighted by Crippen LogP contribution is -2.30. The number of nitrogens with one attached hydrogen (secondary N) is 2. The van der Waals surface area contributed by atoms with Crippen LogP contribution in [0.2, 0.25) is 0 Å². The lowest BCUT2D eigenvalue weighted by molar-refractivity contribution is 0.0963. The van der Waals surface area contributed by atoms with Crippen molar-refractivity contribution in [3.05, 3.63) is 22.9 Å². The number of hydrogen-bond acceptors (Lipinski definition) is 4. The molecule has 1 aromatic heterocycles. The van der Waals surface area contributed by atoms with Crippen LogP contribution in [-0.2, 0) is 12.8 Å². The van der Waals surface area contributed by atoms with Gasteiger partial charge in [0.1, 0.15) is 5.82 Å². The first-order valence-corrected chi connectivity index (χ1v) is 8.64. The van der Waals surface area contributed by atoms with Crippen LogP contribution >= 0.6 is 0 Å². The first kappa shape index (κ1) is 17.7. The Kier molecular flexibility index (Phi) is 5.99. The minimum Gasteiger partial charge on any atom is -0.367 e. The van der Waals surface area contributed by atoms with Crippen molar-refractivity contribution in [2.24, 2.45) is 5.92 Å². The molecule has 128 valence electrons. The van der Waals surface area contributed by atoms with Crippen LogP contribution in [0.3, 0.4) is 0 Å². The number of aromatic nitrogens is 1. The number of nitrogens with zero attached hydrogens (tertiary/aromatic N) is 2. The molecule has 0 saturated carbocycles. The third-order valence-electron chi connectivity index (χ3n) is 4.07. The highest BCUT2D eigenvalue weighted by Crippen LogP contribution is 2.22. The molecular weight excluding hydrogens is 288 g/mol. The number of rotatable bonds is 5. The van der Waals surface area contributed by atoms with Gasteiger partial charge < -0.3 is 15.5 Å². The van der Waals surface area contributed by atoms with E-state index in [0.717, 1.165) is 38.2 Å². The van der Waals surface area contributed by atoms with Crippen molar-refractivity contribution in [3.63, 3.8) is 0 Å². The van der Waals surface area contributed by atoms with E-state index >= 15 is 0 Å². The van der Waals surface area contributed by atoms with E-state index in [2.05, 4.69) is 43.2 Å². The van der Waals surface area contributed by atoms with Gasteiger partial charge in [-0.25, -0.2) is 4.98 Å². The van der Waals surface area contributed by atoms with Crippen LogP contribution < -0.4 is 10.6 Å². The van der Waals surface area contributed by atoms with Gasteiger partial charge >= 0.3 is 0 Å². The molecule has 5 nitrogen and oxygen atoms in total. The van der Waals surface area contributed by atoms with Gasteiger partial charge in [0.2, 0.25) is 0 Å². The van der Waals surface area contributed by atoms with E-state index in [1.54, 1.807) is 7.05 Å². The van der Waals surface area contributed by atoms with Crippen molar-refractivity contribution in [2.45, 2.75) is 46.6 Å². The van der Waals surface area contributed by atoms with Crippen LogP contribution in [0.1, 0.15) is 49.3 Å². The molecule has 0 aromatic carbocycles. The van der Waals surface area contributed by atoms with Crippen LogP contribution in [0.4, 0.5) is 5.82 Å². The van der Waals surface area contributed by atoms with Gasteiger partial charge in [0.05, 0.1) is 5.56 Å². The highest BCUT2D eigenvalue weighted by atomic mass is 16.1. The number of fused-ring (bicyclic) bond motifs is 1. The summed E-state index contributed by atoms with van der Waals surface area (Å²) >= 11 is 0. The van der Waals surface area contributed by atoms with E-state index in [4.69, 9.17) is 4.98 Å². The summed E-state index contributed by atoms with van der Waals surface area (Å²) in [6.07, 6.45) is 1.91. The summed E-state index contributed by atoms with van der Waals surface area (Å²) in [6.45, 7) is 11.8. The summed E-state index contributed by atoms with van der Waals surface area (Å²) in [5.41, 5.74) is 2.99. The fourth-order valence-corrected chi connectivity index (χ4v) is 3.07. The largest absolute Gasteiger partial charge is 0.367 e. The van der Waals surface area contributed by atoms with Crippen LogP contribution in [-0.4, -0.2) is 48.5 Å². The molecule has 0 unspecified atom stereocenters. The van der Waals surface area contributed by atoms with E-state index in [0.29, 0.717) is 17.3 Å². The summed E-state index contributed by atoms with van der Waals surface area (Å²) < 4.78 is 0. The Morgan fingerprint density at radius 3 is 2.57 bits per heavy atom. The third-order valence-corrected chi connectivity index (χ3v) is 4.07. The van der Waals surface area contributed by atoms with E-state index in [1.807, 2.05) is 6.07 Å². The van der Waals surface area contributed by atoms with Crippen molar-refractivity contribution in [1.29, 1.82) is 0 Å². The minimum atomic E-state index is -0.0771. The molecule has 2 rings (SSSR count). The van der Waals surface area contributed by atoms with Gasteiger partial charge in [0.25, 0.3) is 5.91 Å². The van der Waals surface area contributed by atoms with Crippen molar-refractivity contribution < 1.29 is 4.79 Å². The molecule has 0 radical (unpaired) electrons. The smallest absolute Gasteiger partial charge is 0.254 e. The van der Waals surface area contributed by atoms with E-state index in [-0.39, 0.29) is 11.9 Å². The van der Waals surface area contributed by atoms with E-state index < -0.39 is 0 Å². The Morgan fingerprint density at radius 2 is 1.96 bits per heavy atom. The van der Waals surface area contributed by atoms with Gasteiger partial charge in [-0.05, 0) is 37.8 Å². The number of pyridine rings is 1. The zero-order chi connectivity index (χ0) is 17.0. The predicted molar refractivity (Wildman–Crippen MR) is 95.1 cm³/mol. The third kappa shape index (κ3) is 4.67. The SMILES string of the molecule is CNC(=O)c1cc2c(nc1NC(C)C)CCN(CC(C)C)CC2. The van der Waals surface area contributed by atoms with Gasteiger partial charge in [0, 0.05) is 44.8 Å². The summed E-state index contributed by atoms with van der Waals surface area (Å²) in [7, 11) is 1.66. The molecule has 1 aliphatic rings. The fourth-order valence-electron chi connectivity index (χ4n) is 3.07. The maximum absolute atomic E-state index is 12.2. The summed E-state index contributed by atoms with van der Waals surface area (Å²) in [4.78, 5) is 19.5. The maximum atomic E-state index is 12.2. The van der Waals surface area contributed by atoms with Gasteiger partial charge in [-0.2, -0.15) is 0 Å². The average Bonchev–Trinajstić information content (AvgIpc) is 2.67. The van der Waals surface area contributed by atoms with Crippen molar-refractivity contribution in [2.75, 3.05) is 32.0 Å². The molecule has 1 aliphatic heterocycles. The molecule has 0 atom stereocenters. The number of carbonyl (C=O) groups excluding carboxylic acids is 1. The molecule has 0 saturated heterocycles. The second-order valence-electron chi connectivity index (χ2n) is 7.06. The lowest BCUT2D eigenvalue weighted by atomic mass is 10.0. The Balaban J connectivity index is 2.29. The second-order valence-corrected chi connectivity index (χ2v) is 7.06. The first-order chi connectivity index (χ1) is 10.9. The van der Waals surface area contributed by atoms with Gasteiger partial charge in [-0.15, -0.1) is 0 Å². The predicted octanol–water partition coefficient (Wildman–Crippen LogP) is 2.32. The zero-order valence-corrected chi connectivity index (χ0v) is 15.1. The topological polar surface area (TPSA) is 57.3 Å². The molecule has 5 heteroatoms. The quantitative estimate of drug-likeness (QED) is 0.875. The van der Waals surface area contributed by atoms with Crippen molar-refractivity contribution in [1.82, 2.24) is 15.2 Å². The number of carbonyl (C=O) groups is 1. The summed E-state index contributed by atoms with van der Waals surface area (Å²) in [5, 5.41) is 6.04. The molecule has 0 bridgehead atoms. The first-order valence-electron chi connectivity index (χ1n) is 8.64. The van der Waals surface area contributed by atoms with Crippen LogP contribution in [0, 0.1) is 5.92 Å².